The normalized spacial score (nSPS) is 26.2. The number of rotatable bonds is 54. The van der Waals surface area contributed by atoms with Crippen molar-refractivity contribution in [2.75, 3.05) is 85.8 Å². The Hall–Kier alpha value is -8.21. The van der Waals surface area contributed by atoms with Crippen molar-refractivity contribution >= 4 is 30.0 Å². The maximum absolute atomic E-state index is 15.4. The van der Waals surface area contributed by atoms with Crippen LogP contribution in [0.5, 0.6) is 0 Å². The van der Waals surface area contributed by atoms with Crippen molar-refractivity contribution in [1.29, 1.82) is 0 Å². The Morgan fingerprint density at radius 3 is 1.01 bits per heavy atom. The van der Waals surface area contributed by atoms with Gasteiger partial charge in [0.25, 0.3) is 0 Å². The van der Waals surface area contributed by atoms with Gasteiger partial charge in [0.05, 0.1) is 55.3 Å². The summed E-state index contributed by atoms with van der Waals surface area (Å²) >= 11 is 0. The molecule has 1 amide bonds. The summed E-state index contributed by atoms with van der Waals surface area (Å²) in [6.45, 7) is 15.0. The van der Waals surface area contributed by atoms with Crippen molar-refractivity contribution in [3.8, 4) is 0 Å². The average Bonchev–Trinajstić information content (AvgIpc) is 0.757. The van der Waals surface area contributed by atoms with Gasteiger partial charge >= 0.3 is 30.0 Å². The van der Waals surface area contributed by atoms with Gasteiger partial charge in [-0.25, -0.2) is 24.0 Å². The first-order valence-corrected chi connectivity index (χ1v) is 44.9. The van der Waals surface area contributed by atoms with E-state index in [0.717, 1.165) is 43.2 Å². The molecule has 8 unspecified atom stereocenters. The first kappa shape index (κ1) is 99.0. The predicted molar refractivity (Wildman–Crippen MR) is 460 cm³/mol. The highest BCUT2D eigenvalue weighted by Gasteiger charge is 2.61. The zero-order valence-electron chi connectivity index (χ0n) is 73.4. The summed E-state index contributed by atoms with van der Waals surface area (Å²) in [5, 5.41) is 23.4. The monoisotopic (exact) mass is 1740 g/mol. The van der Waals surface area contributed by atoms with Crippen LogP contribution in [0.1, 0.15) is 191 Å². The minimum absolute atomic E-state index is 0.00360. The van der Waals surface area contributed by atoms with Gasteiger partial charge < -0.3 is 110 Å². The van der Waals surface area contributed by atoms with Crippen molar-refractivity contribution < 1.29 is 129 Å². The van der Waals surface area contributed by atoms with Crippen LogP contribution in [0.15, 0.2) is 182 Å². The van der Waals surface area contributed by atoms with Crippen molar-refractivity contribution in [2.24, 2.45) is 0 Å². The summed E-state index contributed by atoms with van der Waals surface area (Å²) < 4.78 is 138. The SMILES string of the molecule is CCCCOCC1O[C@@H](O[C@@H]2C(COCCCC)O[C@H](O[C@H]3C(COCCCC)O[C@H](OCCN(Cc4ccccc4)C(=O)OCc4ccccc4)C(OCCCC)[C@H]3OCCCC)C(OCCCC)[C@H]2OCCCC)[C@@H](OC(=O)c2ccccc2)C(OC(=O)c2ccccc2)[C@@H]1O[C@@H]1OC(CO)[C@@H](O)C(OC(=O)c2ccccc2)[C@@H]1OC(=O)c1ccccc1. The molecule has 686 valence electrons. The maximum Gasteiger partial charge on any atom is 0.410 e. The second-order valence-electron chi connectivity index (χ2n) is 31.5. The van der Waals surface area contributed by atoms with E-state index in [1.807, 2.05) is 88.4 Å². The van der Waals surface area contributed by atoms with E-state index in [1.165, 1.54) is 36.4 Å². The molecule has 28 nitrogen and oxygen atoms in total. The highest BCUT2D eigenvalue weighted by molar-refractivity contribution is 5.91. The number of esters is 4. The lowest BCUT2D eigenvalue weighted by molar-refractivity contribution is -0.394. The number of hydrogen-bond donors (Lipinski definition) is 2. The molecule has 2 N–H and O–H groups in total. The lowest BCUT2D eigenvalue weighted by atomic mass is 9.94. The Kier molecular flexibility index (Phi) is 43.4. The fourth-order valence-electron chi connectivity index (χ4n) is 14.7. The molecule has 20 atom stereocenters. The highest BCUT2D eigenvalue weighted by Crippen LogP contribution is 2.41. The fourth-order valence-corrected chi connectivity index (χ4v) is 14.7. The van der Waals surface area contributed by atoms with E-state index in [9.17, 15) is 24.6 Å². The Bertz CT molecular complexity index is 3980. The number of benzene rings is 6. The van der Waals surface area contributed by atoms with E-state index in [4.69, 9.17) is 94.7 Å². The molecule has 28 heteroatoms. The molecule has 4 aliphatic heterocycles. The molecule has 0 aromatic heterocycles. The van der Waals surface area contributed by atoms with Crippen LogP contribution in [-0.2, 0) is 108 Å². The van der Waals surface area contributed by atoms with Gasteiger partial charge in [-0.05, 0) is 105 Å². The van der Waals surface area contributed by atoms with Crippen molar-refractivity contribution in [3.63, 3.8) is 0 Å². The summed E-state index contributed by atoms with van der Waals surface area (Å²) in [5.74, 6) is -3.76. The molecule has 4 heterocycles. The number of unbranched alkanes of at least 4 members (excludes halogenated alkanes) is 7. The van der Waals surface area contributed by atoms with E-state index in [0.29, 0.717) is 64.4 Å². The van der Waals surface area contributed by atoms with Gasteiger partial charge in [-0.3, -0.25) is 0 Å². The third-order valence-electron chi connectivity index (χ3n) is 21.8. The zero-order chi connectivity index (χ0) is 88.3. The predicted octanol–water partition coefficient (Wildman–Crippen LogP) is 14.3. The fraction of sp³-hybridized carbons (Fsp3) is 0.577. The molecule has 4 aliphatic rings. The van der Waals surface area contributed by atoms with E-state index in [-0.39, 0.29) is 108 Å². The van der Waals surface area contributed by atoms with Gasteiger partial charge in [-0.15, -0.1) is 0 Å². The Morgan fingerprint density at radius 2 is 0.624 bits per heavy atom. The Labute approximate surface area is 735 Å². The van der Waals surface area contributed by atoms with Crippen LogP contribution in [0, 0.1) is 0 Å². The van der Waals surface area contributed by atoms with Gasteiger partial charge in [-0.2, -0.15) is 0 Å². The molecule has 4 fully saturated rings. The van der Waals surface area contributed by atoms with E-state index >= 15 is 9.59 Å². The van der Waals surface area contributed by atoms with Gasteiger partial charge in [-0.1, -0.05) is 227 Å². The maximum atomic E-state index is 15.4. The smallest absolute Gasteiger partial charge is 0.410 e. The third kappa shape index (κ3) is 30.2. The number of carbonyl (C=O) groups excluding carboxylic acids is 5. The molecule has 0 spiro atoms. The van der Waals surface area contributed by atoms with Crippen LogP contribution < -0.4 is 0 Å². The summed E-state index contributed by atoms with van der Waals surface area (Å²) in [5.41, 5.74) is 1.97. The minimum atomic E-state index is -1.95. The number of hydrogen-bond acceptors (Lipinski definition) is 27. The van der Waals surface area contributed by atoms with E-state index in [1.54, 1.807) is 89.8 Å². The van der Waals surface area contributed by atoms with Crippen LogP contribution in [-0.4, -0.2) is 254 Å². The van der Waals surface area contributed by atoms with Crippen LogP contribution in [0.2, 0.25) is 0 Å². The number of aliphatic hydroxyl groups is 2. The van der Waals surface area contributed by atoms with Crippen LogP contribution in [0.3, 0.4) is 0 Å². The molecule has 0 radical (unpaired) electrons. The molecule has 0 bridgehead atoms. The van der Waals surface area contributed by atoms with Crippen LogP contribution >= 0.6 is 0 Å². The molecule has 6 aromatic carbocycles. The van der Waals surface area contributed by atoms with Gasteiger partial charge in [0.15, 0.2) is 49.6 Å². The van der Waals surface area contributed by atoms with Crippen molar-refractivity contribution in [1.82, 2.24) is 4.90 Å². The summed E-state index contributed by atoms with van der Waals surface area (Å²) in [7, 11) is 0. The topological polar surface area (TPSA) is 314 Å². The number of ether oxygens (including phenoxy) is 20. The molecule has 0 aliphatic carbocycles. The van der Waals surface area contributed by atoms with Crippen molar-refractivity contribution in [3.05, 3.63) is 215 Å². The van der Waals surface area contributed by atoms with Crippen molar-refractivity contribution in [2.45, 2.75) is 274 Å². The number of nitrogens with zero attached hydrogens (tertiary/aromatic N) is 1. The van der Waals surface area contributed by atoms with Gasteiger partial charge in [0, 0.05) is 59.3 Å². The quantitative estimate of drug-likeness (QED) is 0.0203. The summed E-state index contributed by atoms with van der Waals surface area (Å²) in [6.07, 6.45) is -20.0. The van der Waals surface area contributed by atoms with E-state index < -0.39 is 159 Å². The zero-order valence-corrected chi connectivity index (χ0v) is 73.4. The molecule has 4 saturated heterocycles. The molecule has 0 saturated carbocycles. The Morgan fingerprint density at radius 1 is 0.320 bits per heavy atom. The first-order valence-electron chi connectivity index (χ1n) is 44.9. The molecule has 125 heavy (non-hydrogen) atoms. The third-order valence-corrected chi connectivity index (χ3v) is 21.8. The molecule has 6 aromatic rings. The molecule has 10 rings (SSSR count). The number of carbonyl (C=O) groups is 5. The van der Waals surface area contributed by atoms with Gasteiger partial charge in [0.2, 0.25) is 0 Å². The summed E-state index contributed by atoms with van der Waals surface area (Å²) in [4.78, 5) is 75.5. The lowest BCUT2D eigenvalue weighted by Crippen LogP contribution is -2.69. The van der Waals surface area contributed by atoms with Crippen LogP contribution in [0.4, 0.5) is 4.79 Å². The summed E-state index contributed by atoms with van der Waals surface area (Å²) in [6, 6.07) is 51.2. The van der Waals surface area contributed by atoms with Gasteiger partial charge in [0.1, 0.15) is 79.9 Å². The second-order valence-corrected chi connectivity index (χ2v) is 31.5. The second kappa shape index (κ2) is 54.8. The number of amides is 1. The lowest BCUT2D eigenvalue weighted by Gasteiger charge is -2.52. The number of aliphatic hydroxyl groups excluding tert-OH is 2. The van der Waals surface area contributed by atoms with Crippen LogP contribution in [0.25, 0.3) is 0 Å². The molecular weight excluding hydrogens is 1610 g/mol. The standard InChI is InChI=1S/C97H131NO27/c1-8-15-53-106-64-74-78(82(109-56-18-11-4)85(111-58-20-13-6)93(116-74)113-60-52-98(61-67-40-28-22-29-41-67)97(105)114-63-68-42-30-23-31-43-68)123-94-86(112-59-21-14-7)83(110-57-19-12-5)79(75(117-94)65-107-54-16-9-2)124-96-88(122-92(104)72-50-38-27-39-51-72)84(120-90(102)70-46-34-25-35-47-70)80(76(118-96)66-108-55-17-10-3)125-95-87(121-91(103)71-48-36-26-37-49-71)81(77(100)73(62-99)115-95)119-89(101)69-44-32-24-33-45-69/h22-51,73-88,93-96,99-100H,8-21,52-66H2,1-7H3/t73?,74?,75?,76?,77-,78+,79-,80-,81?,82+,83+,84?,85?,86?,87+,88+,93+,94-,95+,96+/m1/s1. The average molecular weight is 1740 g/mol. The minimum Gasteiger partial charge on any atom is -0.452 e. The first-order chi connectivity index (χ1) is 61.2. The van der Waals surface area contributed by atoms with E-state index in [2.05, 4.69) is 20.8 Å². The molecular formula is C97H131NO27. The highest BCUT2D eigenvalue weighted by atomic mass is 16.8. The Balaban J connectivity index is 1.08. The largest absolute Gasteiger partial charge is 0.452 e.